The summed E-state index contributed by atoms with van der Waals surface area (Å²) < 4.78 is 2.57. The molecule has 0 aromatic carbocycles. The Morgan fingerprint density at radius 3 is 2.56 bits per heavy atom. The average Bonchev–Trinajstić information content (AvgIpc) is 3.28. The van der Waals surface area contributed by atoms with Crippen LogP contribution in [0.2, 0.25) is 0 Å². The lowest BCUT2D eigenvalue weighted by Crippen LogP contribution is -2.46. The largest absolute Gasteiger partial charge is 0.297 e. The van der Waals surface area contributed by atoms with Crippen LogP contribution >= 0.6 is 23.6 Å². The van der Waals surface area contributed by atoms with Crippen molar-refractivity contribution in [2.75, 3.05) is 26.2 Å². The van der Waals surface area contributed by atoms with E-state index in [0.29, 0.717) is 4.77 Å². The number of H-pyrrole nitrogens is 1. The third-order valence-corrected chi connectivity index (χ3v) is 5.58. The van der Waals surface area contributed by atoms with Crippen LogP contribution in [0.25, 0.3) is 10.7 Å². The predicted molar refractivity (Wildman–Crippen MR) is 102 cm³/mol. The first-order valence-electron chi connectivity index (χ1n) is 8.32. The number of thiophene rings is 1. The zero-order valence-electron chi connectivity index (χ0n) is 13.8. The lowest BCUT2D eigenvalue weighted by atomic mass is 10.2. The van der Waals surface area contributed by atoms with Crippen molar-refractivity contribution in [1.29, 1.82) is 0 Å². The molecule has 130 valence electrons. The second kappa shape index (κ2) is 7.57. The summed E-state index contributed by atoms with van der Waals surface area (Å²) in [5.41, 5.74) is 1.32. The van der Waals surface area contributed by atoms with Crippen molar-refractivity contribution in [3.63, 3.8) is 0 Å². The van der Waals surface area contributed by atoms with Crippen molar-refractivity contribution in [3.05, 3.63) is 52.4 Å². The van der Waals surface area contributed by atoms with Crippen LogP contribution in [0.1, 0.15) is 5.56 Å². The fourth-order valence-corrected chi connectivity index (χ4v) is 3.87. The molecular formula is C17H20N6S2. The summed E-state index contributed by atoms with van der Waals surface area (Å²) in [6.45, 7) is 5.92. The number of aromatic amines is 1. The molecule has 1 N–H and O–H groups in total. The Morgan fingerprint density at radius 2 is 1.84 bits per heavy atom. The maximum absolute atomic E-state index is 5.41. The smallest absolute Gasteiger partial charge is 0.217 e. The van der Waals surface area contributed by atoms with Gasteiger partial charge in [0, 0.05) is 45.1 Å². The highest BCUT2D eigenvalue weighted by atomic mass is 32.1. The first-order chi connectivity index (χ1) is 12.3. The van der Waals surface area contributed by atoms with Crippen molar-refractivity contribution in [2.24, 2.45) is 0 Å². The van der Waals surface area contributed by atoms with Crippen LogP contribution in [0, 0.1) is 4.77 Å². The van der Waals surface area contributed by atoms with Crippen LogP contribution in [0.15, 0.2) is 42.0 Å². The summed E-state index contributed by atoms with van der Waals surface area (Å²) in [4.78, 5) is 14.6. The number of nitrogens with one attached hydrogen (secondary N) is 1. The highest BCUT2D eigenvalue weighted by Crippen LogP contribution is 2.20. The first kappa shape index (κ1) is 16.6. The van der Waals surface area contributed by atoms with Gasteiger partial charge in [-0.1, -0.05) is 6.07 Å². The highest BCUT2D eigenvalue weighted by molar-refractivity contribution is 7.71. The molecule has 0 bridgehead atoms. The van der Waals surface area contributed by atoms with E-state index in [4.69, 9.17) is 12.2 Å². The topological polar surface area (TPSA) is 53.0 Å². The van der Waals surface area contributed by atoms with Crippen molar-refractivity contribution >= 4 is 23.6 Å². The van der Waals surface area contributed by atoms with Gasteiger partial charge in [0.2, 0.25) is 4.77 Å². The number of aromatic nitrogens is 4. The van der Waals surface area contributed by atoms with Crippen LogP contribution in [-0.2, 0) is 13.2 Å². The Bertz CT molecular complexity index is 847. The van der Waals surface area contributed by atoms with Gasteiger partial charge in [0.15, 0.2) is 5.82 Å². The van der Waals surface area contributed by atoms with E-state index in [1.165, 1.54) is 5.56 Å². The van der Waals surface area contributed by atoms with Crippen LogP contribution in [0.3, 0.4) is 0 Å². The summed E-state index contributed by atoms with van der Waals surface area (Å²) in [6.07, 6.45) is 3.72. The number of hydrogen-bond donors (Lipinski definition) is 1. The second-order valence-corrected chi connectivity index (χ2v) is 7.46. The fraction of sp³-hybridized carbons (Fsp3) is 0.353. The molecule has 0 amide bonds. The number of nitrogens with zero attached hydrogens (tertiary/aromatic N) is 5. The van der Waals surface area contributed by atoms with E-state index in [0.717, 1.165) is 50.1 Å². The van der Waals surface area contributed by atoms with Crippen LogP contribution in [-0.4, -0.2) is 55.7 Å². The Labute approximate surface area is 155 Å². The standard InChI is InChI=1S/C17H20N6S2/c24-17-19-16(15-2-1-11-25-15)20-23(17)13-22-9-7-21(8-10-22)12-14-3-5-18-6-4-14/h1-6,11H,7-10,12-13H2,(H,19,20,24). The summed E-state index contributed by atoms with van der Waals surface area (Å²) in [7, 11) is 0. The third kappa shape index (κ3) is 4.04. The maximum atomic E-state index is 5.41. The van der Waals surface area contributed by atoms with Crippen LogP contribution < -0.4 is 0 Å². The monoisotopic (exact) mass is 372 g/mol. The summed E-state index contributed by atoms with van der Waals surface area (Å²) in [6, 6.07) is 8.25. The van der Waals surface area contributed by atoms with Gasteiger partial charge in [-0.05, 0) is 41.4 Å². The molecule has 1 saturated heterocycles. The van der Waals surface area contributed by atoms with Gasteiger partial charge < -0.3 is 0 Å². The molecule has 0 saturated carbocycles. The minimum atomic E-state index is 0.614. The molecule has 0 unspecified atom stereocenters. The minimum absolute atomic E-state index is 0.614. The van der Waals surface area contributed by atoms with E-state index in [1.807, 2.05) is 28.5 Å². The van der Waals surface area contributed by atoms with Gasteiger partial charge in [-0.25, -0.2) is 4.68 Å². The van der Waals surface area contributed by atoms with E-state index in [-0.39, 0.29) is 0 Å². The Balaban J connectivity index is 1.34. The van der Waals surface area contributed by atoms with Gasteiger partial charge >= 0.3 is 0 Å². The Hall–Kier alpha value is -1.87. The quantitative estimate of drug-likeness (QED) is 0.698. The van der Waals surface area contributed by atoms with E-state index in [9.17, 15) is 0 Å². The summed E-state index contributed by atoms with van der Waals surface area (Å²) >= 11 is 7.07. The van der Waals surface area contributed by atoms with Crippen LogP contribution in [0.5, 0.6) is 0 Å². The molecule has 3 aromatic heterocycles. The molecule has 0 radical (unpaired) electrons. The molecule has 0 spiro atoms. The van der Waals surface area contributed by atoms with Gasteiger partial charge in [-0.15, -0.1) is 11.3 Å². The van der Waals surface area contributed by atoms with Gasteiger partial charge in [0.1, 0.15) is 0 Å². The Kier molecular flexibility index (Phi) is 5.02. The second-order valence-electron chi connectivity index (χ2n) is 6.15. The van der Waals surface area contributed by atoms with Gasteiger partial charge in [-0.3, -0.25) is 19.9 Å². The number of hydrogen-bond acceptors (Lipinski definition) is 6. The maximum Gasteiger partial charge on any atom is 0.217 e. The molecule has 1 aliphatic rings. The zero-order chi connectivity index (χ0) is 17.1. The molecule has 4 heterocycles. The lowest BCUT2D eigenvalue weighted by molar-refractivity contribution is 0.0982. The number of rotatable bonds is 5. The van der Waals surface area contributed by atoms with Crippen molar-refractivity contribution in [3.8, 4) is 10.7 Å². The van der Waals surface area contributed by atoms with Crippen molar-refractivity contribution in [2.45, 2.75) is 13.2 Å². The SMILES string of the molecule is S=c1nc(-c2cccs2)[nH]n1CN1CCN(Cc2ccncc2)CC1. The van der Waals surface area contributed by atoms with E-state index >= 15 is 0 Å². The molecule has 1 aliphatic heterocycles. The normalized spacial score (nSPS) is 16.3. The first-order valence-corrected chi connectivity index (χ1v) is 9.61. The number of piperazine rings is 1. The predicted octanol–water partition coefficient (Wildman–Crippen LogP) is 2.84. The summed E-state index contributed by atoms with van der Waals surface area (Å²) in [5, 5.41) is 5.38. The Morgan fingerprint density at radius 1 is 1.08 bits per heavy atom. The zero-order valence-corrected chi connectivity index (χ0v) is 15.5. The molecule has 0 atom stereocenters. The van der Waals surface area contributed by atoms with E-state index < -0.39 is 0 Å². The molecular weight excluding hydrogens is 352 g/mol. The van der Waals surface area contributed by atoms with Crippen LogP contribution in [0.4, 0.5) is 0 Å². The molecule has 0 aliphatic carbocycles. The molecule has 3 aromatic rings. The van der Waals surface area contributed by atoms with Crippen molar-refractivity contribution < 1.29 is 0 Å². The average molecular weight is 373 g/mol. The molecule has 1 fully saturated rings. The lowest BCUT2D eigenvalue weighted by Gasteiger charge is -2.34. The fourth-order valence-electron chi connectivity index (χ4n) is 3.01. The van der Waals surface area contributed by atoms with Gasteiger partial charge in [0.25, 0.3) is 0 Å². The van der Waals surface area contributed by atoms with E-state index in [1.54, 1.807) is 11.3 Å². The number of pyridine rings is 1. The molecule has 25 heavy (non-hydrogen) atoms. The van der Waals surface area contributed by atoms with Crippen molar-refractivity contribution in [1.82, 2.24) is 29.5 Å². The molecule has 8 heteroatoms. The van der Waals surface area contributed by atoms with Gasteiger partial charge in [0.05, 0.1) is 11.5 Å². The van der Waals surface area contributed by atoms with Gasteiger partial charge in [-0.2, -0.15) is 4.98 Å². The minimum Gasteiger partial charge on any atom is -0.297 e. The molecule has 6 nitrogen and oxygen atoms in total. The van der Waals surface area contributed by atoms with E-state index in [2.05, 4.69) is 43.1 Å². The highest BCUT2D eigenvalue weighted by Gasteiger charge is 2.18. The third-order valence-electron chi connectivity index (χ3n) is 4.40. The molecule has 4 rings (SSSR count). The summed E-state index contributed by atoms with van der Waals surface area (Å²) in [5.74, 6) is 0.858.